The molecule has 0 radical (unpaired) electrons. The second-order valence-electron chi connectivity index (χ2n) is 11.0. The molecule has 0 aromatic carbocycles. The molecule has 2 N–H and O–H groups in total. The van der Waals surface area contributed by atoms with E-state index in [9.17, 15) is 28.2 Å². The van der Waals surface area contributed by atoms with Gasteiger partial charge in [-0.3, -0.25) is 4.79 Å². The van der Waals surface area contributed by atoms with Crippen LogP contribution in [-0.4, -0.2) is 34.4 Å². The molecule has 0 unspecified atom stereocenters. The zero-order chi connectivity index (χ0) is 21.2. The molecule has 166 valence electrons. The summed E-state index contributed by atoms with van der Waals surface area (Å²) < 4.78 is 38.3. The van der Waals surface area contributed by atoms with Crippen molar-refractivity contribution in [3.05, 3.63) is 0 Å². The van der Waals surface area contributed by atoms with Crippen LogP contribution in [0, 0.1) is 40.4 Å². The maximum Gasteiger partial charge on any atom is 0.414 e. The Labute approximate surface area is 171 Å². The molecular weight excluding hydrogens is 381 g/mol. The average molecular weight is 417 g/mol. The summed E-state index contributed by atoms with van der Waals surface area (Å²) in [5.74, 6) is 1.33. The third-order valence-corrected chi connectivity index (χ3v) is 9.80. The number of carbonyl (C=O) groups excluding carboxylic acids is 1. The normalized spacial score (nSPS) is 48.4. The predicted octanol–water partition coefficient (Wildman–Crippen LogP) is 4.89. The lowest BCUT2D eigenvalue weighted by Gasteiger charge is -2.60. The van der Waals surface area contributed by atoms with Crippen molar-refractivity contribution in [2.45, 2.75) is 96.4 Å². The molecule has 0 aromatic rings. The molecule has 0 aliphatic heterocycles. The second kappa shape index (κ2) is 7.22. The first-order valence-electron chi connectivity index (χ1n) is 11.4. The molecule has 0 aromatic heterocycles. The lowest BCUT2D eigenvalue weighted by molar-refractivity contribution is -0.206. The van der Waals surface area contributed by atoms with Crippen LogP contribution in [0.4, 0.5) is 13.2 Å². The van der Waals surface area contributed by atoms with Gasteiger partial charge in [0.05, 0.1) is 6.10 Å². The van der Waals surface area contributed by atoms with Gasteiger partial charge in [0, 0.05) is 12.3 Å². The van der Waals surface area contributed by atoms with Crippen LogP contribution in [0.2, 0.25) is 0 Å². The van der Waals surface area contributed by atoms with E-state index in [1.54, 1.807) is 0 Å². The van der Waals surface area contributed by atoms with Gasteiger partial charge in [0.2, 0.25) is 0 Å². The van der Waals surface area contributed by atoms with Crippen LogP contribution in [0.5, 0.6) is 0 Å². The minimum Gasteiger partial charge on any atom is -0.393 e. The molecular formula is C23H35F3O3. The van der Waals surface area contributed by atoms with Crippen LogP contribution >= 0.6 is 0 Å². The van der Waals surface area contributed by atoms with Crippen molar-refractivity contribution < 1.29 is 28.2 Å². The lowest BCUT2D eigenvalue weighted by atomic mass is 9.44. The number of carbonyl (C=O) groups is 1. The molecule has 3 nitrogen and oxygen atoms in total. The topological polar surface area (TPSA) is 57.5 Å². The standard InChI is InChI=1S/C23H35F3O3/c1-21-9-7-14(27)11-13(21)3-4-15-16-5-6-18(22(16,2)10-8-17(15)21)19(28)12-20(29)23(24,25)26/h13-18,20,27,29H,3-12H2,1-2H3/t13-,14+,15+,16+,17+,18+,20-,21-,22+/m0/s1. The Bertz CT molecular complexity index is 650. The number of rotatable bonds is 3. The first-order valence-corrected chi connectivity index (χ1v) is 11.4. The summed E-state index contributed by atoms with van der Waals surface area (Å²) in [5.41, 5.74) is 0.0129. The smallest absolute Gasteiger partial charge is 0.393 e. The highest BCUT2D eigenvalue weighted by Gasteiger charge is 2.61. The molecule has 6 heteroatoms. The fourth-order valence-corrected chi connectivity index (χ4v) is 8.21. The quantitative estimate of drug-likeness (QED) is 0.689. The van der Waals surface area contributed by atoms with Crippen LogP contribution in [0.3, 0.4) is 0 Å². The highest BCUT2D eigenvalue weighted by Crippen LogP contribution is 2.67. The van der Waals surface area contributed by atoms with Gasteiger partial charge in [0.25, 0.3) is 0 Å². The second-order valence-corrected chi connectivity index (χ2v) is 11.0. The first-order chi connectivity index (χ1) is 13.5. The minimum absolute atomic E-state index is 0.174. The van der Waals surface area contributed by atoms with E-state index in [4.69, 9.17) is 0 Å². The number of alkyl halides is 3. The number of ketones is 1. The van der Waals surface area contributed by atoms with Gasteiger partial charge in [-0.2, -0.15) is 13.2 Å². The average Bonchev–Trinajstić information content (AvgIpc) is 2.98. The largest absolute Gasteiger partial charge is 0.414 e. The van der Waals surface area contributed by atoms with E-state index in [0.717, 1.165) is 51.4 Å². The van der Waals surface area contributed by atoms with E-state index in [0.29, 0.717) is 30.1 Å². The number of aliphatic hydroxyl groups excluding tert-OH is 2. The predicted molar refractivity (Wildman–Crippen MR) is 103 cm³/mol. The molecule has 0 saturated heterocycles. The van der Waals surface area contributed by atoms with Crippen LogP contribution in [0.1, 0.15) is 78.1 Å². The van der Waals surface area contributed by atoms with Crippen LogP contribution < -0.4 is 0 Å². The van der Waals surface area contributed by atoms with E-state index < -0.39 is 24.5 Å². The van der Waals surface area contributed by atoms with Crippen LogP contribution in [-0.2, 0) is 4.79 Å². The number of Topliss-reactive ketones (excluding diaryl/α,β-unsaturated/α-hetero) is 1. The van der Waals surface area contributed by atoms with E-state index in [1.807, 2.05) is 0 Å². The summed E-state index contributed by atoms with van der Waals surface area (Å²) in [7, 11) is 0. The molecule has 4 saturated carbocycles. The Hall–Kier alpha value is -0.620. The Balaban J connectivity index is 1.51. The van der Waals surface area contributed by atoms with Crippen LogP contribution in [0.25, 0.3) is 0 Å². The first kappa shape index (κ1) is 21.6. The third-order valence-electron chi connectivity index (χ3n) is 9.80. The molecule has 0 spiro atoms. The fourth-order valence-electron chi connectivity index (χ4n) is 8.21. The van der Waals surface area contributed by atoms with Crippen LogP contribution in [0.15, 0.2) is 0 Å². The summed E-state index contributed by atoms with van der Waals surface area (Å²) in [6, 6.07) is 0. The van der Waals surface area contributed by atoms with Gasteiger partial charge in [0.1, 0.15) is 5.78 Å². The minimum atomic E-state index is -4.73. The maximum atomic E-state index is 12.8. The molecule has 9 atom stereocenters. The van der Waals surface area contributed by atoms with Gasteiger partial charge >= 0.3 is 6.18 Å². The van der Waals surface area contributed by atoms with Crippen molar-refractivity contribution in [3.8, 4) is 0 Å². The summed E-state index contributed by atoms with van der Waals surface area (Å²) in [6.45, 7) is 4.53. The van der Waals surface area contributed by atoms with Crippen molar-refractivity contribution in [2.24, 2.45) is 40.4 Å². The van der Waals surface area contributed by atoms with Crippen molar-refractivity contribution in [1.82, 2.24) is 0 Å². The lowest BCUT2D eigenvalue weighted by Crippen LogP contribution is -2.54. The summed E-state index contributed by atoms with van der Waals surface area (Å²) in [4.78, 5) is 12.8. The molecule has 29 heavy (non-hydrogen) atoms. The molecule has 4 rings (SSSR count). The van der Waals surface area contributed by atoms with E-state index >= 15 is 0 Å². The monoisotopic (exact) mass is 416 g/mol. The van der Waals surface area contributed by atoms with Crippen molar-refractivity contribution in [1.29, 1.82) is 0 Å². The number of aliphatic hydroxyl groups is 2. The molecule has 4 aliphatic carbocycles. The van der Waals surface area contributed by atoms with Crippen molar-refractivity contribution >= 4 is 5.78 Å². The molecule has 0 amide bonds. The van der Waals surface area contributed by atoms with Gasteiger partial charge in [-0.05, 0) is 92.3 Å². The zero-order valence-corrected chi connectivity index (χ0v) is 17.5. The van der Waals surface area contributed by atoms with Gasteiger partial charge in [-0.1, -0.05) is 13.8 Å². The summed E-state index contributed by atoms with van der Waals surface area (Å²) in [6.07, 6.45) is 0.310. The molecule has 4 fully saturated rings. The van der Waals surface area contributed by atoms with E-state index in [1.165, 1.54) is 0 Å². The molecule has 0 heterocycles. The van der Waals surface area contributed by atoms with E-state index in [2.05, 4.69) is 13.8 Å². The van der Waals surface area contributed by atoms with Crippen molar-refractivity contribution in [3.63, 3.8) is 0 Å². The van der Waals surface area contributed by atoms with Crippen molar-refractivity contribution in [2.75, 3.05) is 0 Å². The highest BCUT2D eigenvalue weighted by atomic mass is 19.4. The Morgan fingerprint density at radius 3 is 2.34 bits per heavy atom. The van der Waals surface area contributed by atoms with Gasteiger partial charge in [0.15, 0.2) is 6.10 Å². The molecule has 4 aliphatic rings. The number of halogens is 3. The maximum absolute atomic E-state index is 12.8. The summed E-state index contributed by atoms with van der Waals surface area (Å²) >= 11 is 0. The zero-order valence-electron chi connectivity index (χ0n) is 17.5. The summed E-state index contributed by atoms with van der Waals surface area (Å²) in [5, 5.41) is 19.5. The number of hydrogen-bond donors (Lipinski definition) is 2. The van der Waals surface area contributed by atoms with E-state index in [-0.39, 0.29) is 22.9 Å². The van der Waals surface area contributed by atoms with Gasteiger partial charge in [-0.15, -0.1) is 0 Å². The third kappa shape index (κ3) is 3.46. The van der Waals surface area contributed by atoms with Gasteiger partial charge < -0.3 is 10.2 Å². The highest BCUT2D eigenvalue weighted by molar-refractivity contribution is 5.82. The van der Waals surface area contributed by atoms with Gasteiger partial charge in [-0.25, -0.2) is 0 Å². The Kier molecular flexibility index (Phi) is 5.38. The number of hydrogen-bond acceptors (Lipinski definition) is 3. The Morgan fingerprint density at radius 1 is 1.00 bits per heavy atom. The fraction of sp³-hybridized carbons (Fsp3) is 0.957. The SMILES string of the molecule is C[C@]12CC[C@@H](O)C[C@@H]1CC[C@H]1[C@H]2CC[C@@]2(C)[C@@H](C(=O)C[C@H](O)C(F)(F)F)CC[C@H]12. The number of fused-ring (bicyclic) bond motifs is 5. The Morgan fingerprint density at radius 2 is 1.66 bits per heavy atom. The molecule has 0 bridgehead atoms.